The highest BCUT2D eigenvalue weighted by molar-refractivity contribution is 7.71. The first-order valence-electron chi connectivity index (χ1n) is 11.2. The fourth-order valence-electron chi connectivity index (χ4n) is 4.63. The summed E-state index contributed by atoms with van der Waals surface area (Å²) >= 11 is 5.18. The molecule has 3 aromatic carbocycles. The minimum absolute atomic E-state index is 0.253. The number of halogens is 2. The Morgan fingerprint density at radius 2 is 1.36 bits per heavy atom. The van der Waals surface area contributed by atoms with Gasteiger partial charge in [-0.25, -0.2) is 8.78 Å². The first kappa shape index (κ1) is 21.7. The third-order valence-corrected chi connectivity index (χ3v) is 6.58. The molecule has 1 aromatic heterocycles. The minimum atomic E-state index is -0.253. The molecule has 0 bridgehead atoms. The van der Waals surface area contributed by atoms with Crippen molar-refractivity contribution in [2.24, 2.45) is 0 Å². The van der Waals surface area contributed by atoms with Gasteiger partial charge in [-0.1, -0.05) is 35.9 Å². The van der Waals surface area contributed by atoms with Gasteiger partial charge in [0, 0.05) is 19.6 Å². The Kier molecular flexibility index (Phi) is 6.20. The fraction of sp³-hybridized carbons (Fsp3) is 0.222. The normalized spacial score (nSPS) is 14.7. The standard InChI is InChI=1S/C27H25F2N3S/c28-22-6-2-19(3-7-22)26(20-4-8-23(29)9-5-20)21-12-15-32(16-13-21)14-11-18-1-10-24-25(17-18)31-27(33)30-24/h1-10,17H,11-16H2,(H2,30,31,33). The fourth-order valence-corrected chi connectivity index (χ4v) is 4.85. The smallest absolute Gasteiger partial charge is 0.175 e. The number of nitrogens with zero attached hydrogens (tertiary/aromatic N) is 1. The Morgan fingerprint density at radius 1 is 0.788 bits per heavy atom. The van der Waals surface area contributed by atoms with Gasteiger partial charge in [0.25, 0.3) is 0 Å². The van der Waals surface area contributed by atoms with Crippen molar-refractivity contribution in [2.75, 3.05) is 19.6 Å². The lowest BCUT2D eigenvalue weighted by Gasteiger charge is -2.30. The van der Waals surface area contributed by atoms with Gasteiger partial charge in [-0.2, -0.15) is 0 Å². The van der Waals surface area contributed by atoms with Crippen LogP contribution in [0.4, 0.5) is 8.78 Å². The zero-order valence-corrected chi connectivity index (χ0v) is 19.0. The number of hydrogen-bond donors (Lipinski definition) is 2. The molecule has 0 unspecified atom stereocenters. The number of nitrogens with one attached hydrogen (secondary N) is 2. The van der Waals surface area contributed by atoms with Crippen LogP contribution < -0.4 is 0 Å². The number of likely N-dealkylation sites (tertiary alicyclic amines) is 1. The van der Waals surface area contributed by atoms with Gasteiger partial charge in [0.15, 0.2) is 4.77 Å². The van der Waals surface area contributed by atoms with Gasteiger partial charge in [-0.15, -0.1) is 0 Å². The van der Waals surface area contributed by atoms with Gasteiger partial charge in [0.1, 0.15) is 11.6 Å². The van der Waals surface area contributed by atoms with E-state index in [2.05, 4.69) is 33.1 Å². The lowest BCUT2D eigenvalue weighted by Crippen LogP contribution is -2.32. The SMILES string of the molecule is Fc1ccc(C(=C2CCN(CCc3ccc4[nH]c(=S)[nH]c4c3)CC2)c2ccc(F)cc2)cc1. The quantitative estimate of drug-likeness (QED) is 0.327. The summed E-state index contributed by atoms with van der Waals surface area (Å²) in [6, 6.07) is 19.6. The lowest BCUT2D eigenvalue weighted by atomic mass is 9.88. The summed E-state index contributed by atoms with van der Waals surface area (Å²) in [5.74, 6) is -0.507. The summed E-state index contributed by atoms with van der Waals surface area (Å²) in [4.78, 5) is 8.81. The molecule has 1 fully saturated rings. The molecule has 0 atom stereocenters. The van der Waals surface area contributed by atoms with E-state index in [-0.39, 0.29) is 11.6 Å². The van der Waals surface area contributed by atoms with Crippen LogP contribution in [0.25, 0.3) is 16.6 Å². The van der Waals surface area contributed by atoms with E-state index in [9.17, 15) is 8.78 Å². The third-order valence-electron chi connectivity index (χ3n) is 6.38. The maximum absolute atomic E-state index is 13.5. The number of hydrogen-bond acceptors (Lipinski definition) is 2. The lowest BCUT2D eigenvalue weighted by molar-refractivity contribution is 0.260. The van der Waals surface area contributed by atoms with Gasteiger partial charge >= 0.3 is 0 Å². The molecule has 0 aliphatic carbocycles. The number of benzene rings is 3. The molecule has 0 amide bonds. The predicted molar refractivity (Wildman–Crippen MR) is 132 cm³/mol. The topological polar surface area (TPSA) is 34.8 Å². The molecule has 2 heterocycles. The highest BCUT2D eigenvalue weighted by atomic mass is 32.1. The Morgan fingerprint density at radius 3 is 1.97 bits per heavy atom. The zero-order chi connectivity index (χ0) is 22.8. The van der Waals surface area contributed by atoms with Crippen LogP contribution in [0.15, 0.2) is 72.3 Å². The van der Waals surface area contributed by atoms with E-state index in [1.165, 1.54) is 35.4 Å². The molecule has 0 spiro atoms. The Bertz CT molecular complexity index is 1290. The van der Waals surface area contributed by atoms with Gasteiger partial charge in [0.05, 0.1) is 11.0 Å². The molecule has 5 rings (SSSR count). The number of imidazole rings is 1. The minimum Gasteiger partial charge on any atom is -0.331 e. The summed E-state index contributed by atoms with van der Waals surface area (Å²) in [6.45, 7) is 2.93. The molecule has 4 aromatic rings. The summed E-state index contributed by atoms with van der Waals surface area (Å²) in [6.07, 6.45) is 2.85. The van der Waals surface area contributed by atoms with Crippen LogP contribution >= 0.6 is 12.2 Å². The van der Waals surface area contributed by atoms with Crippen molar-refractivity contribution in [1.29, 1.82) is 0 Å². The maximum atomic E-state index is 13.5. The average molecular weight is 462 g/mol. The van der Waals surface area contributed by atoms with E-state index in [4.69, 9.17) is 12.2 Å². The van der Waals surface area contributed by atoms with Crippen LogP contribution in [-0.2, 0) is 6.42 Å². The number of aromatic amines is 2. The molecular formula is C27H25F2N3S. The second-order valence-electron chi connectivity index (χ2n) is 8.54. The molecule has 3 nitrogen and oxygen atoms in total. The van der Waals surface area contributed by atoms with Crippen LogP contribution in [0.3, 0.4) is 0 Å². The highest BCUT2D eigenvalue weighted by Gasteiger charge is 2.19. The molecule has 6 heteroatoms. The number of rotatable bonds is 5. The molecule has 168 valence electrons. The van der Waals surface area contributed by atoms with E-state index < -0.39 is 0 Å². The van der Waals surface area contributed by atoms with Crippen molar-refractivity contribution < 1.29 is 8.78 Å². The molecule has 2 N–H and O–H groups in total. The van der Waals surface area contributed by atoms with Crippen molar-refractivity contribution in [2.45, 2.75) is 19.3 Å². The van der Waals surface area contributed by atoms with E-state index in [1.54, 1.807) is 0 Å². The second-order valence-corrected chi connectivity index (χ2v) is 8.95. The summed E-state index contributed by atoms with van der Waals surface area (Å²) in [5.41, 5.74) is 7.75. The number of aromatic nitrogens is 2. The maximum Gasteiger partial charge on any atom is 0.175 e. The number of piperidine rings is 1. The van der Waals surface area contributed by atoms with Crippen molar-refractivity contribution in [3.05, 3.63) is 105 Å². The summed E-state index contributed by atoms with van der Waals surface area (Å²) in [7, 11) is 0. The van der Waals surface area contributed by atoms with Crippen LogP contribution in [0.2, 0.25) is 0 Å². The average Bonchev–Trinajstić information content (AvgIpc) is 3.20. The zero-order valence-electron chi connectivity index (χ0n) is 18.2. The Balaban J connectivity index is 1.31. The number of H-pyrrole nitrogens is 2. The van der Waals surface area contributed by atoms with Crippen LogP contribution in [-0.4, -0.2) is 34.5 Å². The van der Waals surface area contributed by atoms with Gasteiger partial charge in [0.2, 0.25) is 0 Å². The van der Waals surface area contributed by atoms with Gasteiger partial charge in [-0.05, 0) is 90.1 Å². The van der Waals surface area contributed by atoms with E-state index >= 15 is 0 Å². The first-order chi connectivity index (χ1) is 16.0. The molecule has 1 aliphatic heterocycles. The molecule has 33 heavy (non-hydrogen) atoms. The van der Waals surface area contributed by atoms with Crippen molar-refractivity contribution in [1.82, 2.24) is 14.9 Å². The van der Waals surface area contributed by atoms with E-state index in [0.29, 0.717) is 4.77 Å². The van der Waals surface area contributed by atoms with Crippen molar-refractivity contribution in [3.8, 4) is 0 Å². The molecular weight excluding hydrogens is 436 g/mol. The van der Waals surface area contributed by atoms with Crippen molar-refractivity contribution in [3.63, 3.8) is 0 Å². The largest absolute Gasteiger partial charge is 0.331 e. The summed E-state index contributed by atoms with van der Waals surface area (Å²) < 4.78 is 27.7. The van der Waals surface area contributed by atoms with Crippen LogP contribution in [0.1, 0.15) is 29.5 Å². The second kappa shape index (κ2) is 9.41. The van der Waals surface area contributed by atoms with Crippen molar-refractivity contribution >= 4 is 28.8 Å². The van der Waals surface area contributed by atoms with E-state index in [1.807, 2.05) is 24.3 Å². The van der Waals surface area contributed by atoms with Crippen LogP contribution in [0, 0.1) is 16.4 Å². The van der Waals surface area contributed by atoms with Crippen LogP contribution in [0.5, 0.6) is 0 Å². The molecule has 1 saturated heterocycles. The molecule has 0 radical (unpaired) electrons. The molecule has 1 aliphatic rings. The Hall–Kier alpha value is -3.09. The first-order valence-corrected chi connectivity index (χ1v) is 11.6. The monoisotopic (exact) mass is 461 g/mol. The number of fused-ring (bicyclic) bond motifs is 1. The van der Waals surface area contributed by atoms with Gasteiger partial charge < -0.3 is 14.9 Å². The highest BCUT2D eigenvalue weighted by Crippen LogP contribution is 2.32. The Labute approximate surface area is 196 Å². The van der Waals surface area contributed by atoms with Gasteiger partial charge in [-0.3, -0.25) is 0 Å². The predicted octanol–water partition coefficient (Wildman–Crippen LogP) is 6.64. The summed E-state index contributed by atoms with van der Waals surface area (Å²) in [5, 5.41) is 0. The van der Waals surface area contributed by atoms with E-state index in [0.717, 1.165) is 66.6 Å². The third kappa shape index (κ3) is 4.97. The molecule has 0 saturated carbocycles.